The monoisotopic (exact) mass is 245 g/mol. The molecule has 2 rings (SSSR count). The van der Waals surface area contributed by atoms with Crippen molar-refractivity contribution in [1.82, 2.24) is 4.98 Å². The summed E-state index contributed by atoms with van der Waals surface area (Å²) < 4.78 is 5.06. The smallest absolute Gasteiger partial charge is 0.137 e. The summed E-state index contributed by atoms with van der Waals surface area (Å²) in [6, 6.07) is 8.26. The molecule has 1 aromatic carbocycles. The van der Waals surface area contributed by atoms with Crippen LogP contribution in [0, 0.1) is 0 Å². The Morgan fingerprint density at radius 1 is 1.28 bits per heavy atom. The van der Waals surface area contributed by atoms with Crippen LogP contribution in [0.4, 0.5) is 11.5 Å². The van der Waals surface area contributed by atoms with E-state index in [0.29, 0.717) is 6.61 Å². The molecule has 0 bridgehead atoms. The second-order valence-electron chi connectivity index (χ2n) is 4.35. The maximum atomic E-state index is 5.06. The number of benzene rings is 1. The molecule has 96 valence electrons. The van der Waals surface area contributed by atoms with Gasteiger partial charge in [-0.15, -0.1) is 0 Å². The van der Waals surface area contributed by atoms with Crippen molar-refractivity contribution in [3.05, 3.63) is 30.5 Å². The molecule has 2 aromatic rings. The first-order valence-electron chi connectivity index (χ1n) is 6.02. The van der Waals surface area contributed by atoms with Crippen LogP contribution in [-0.4, -0.2) is 39.3 Å². The summed E-state index contributed by atoms with van der Waals surface area (Å²) in [5, 5.41) is 5.74. The summed E-state index contributed by atoms with van der Waals surface area (Å²) in [5.74, 6) is 0.980. The third kappa shape index (κ3) is 2.54. The van der Waals surface area contributed by atoms with Crippen molar-refractivity contribution in [1.29, 1.82) is 0 Å². The summed E-state index contributed by atoms with van der Waals surface area (Å²) >= 11 is 0. The topological polar surface area (TPSA) is 37.4 Å². The molecule has 0 radical (unpaired) electrons. The number of rotatable bonds is 5. The zero-order valence-electron chi connectivity index (χ0n) is 11.1. The highest BCUT2D eigenvalue weighted by molar-refractivity contribution is 6.01. The van der Waals surface area contributed by atoms with Gasteiger partial charge in [0.05, 0.1) is 6.61 Å². The van der Waals surface area contributed by atoms with Gasteiger partial charge in [0.15, 0.2) is 0 Å². The van der Waals surface area contributed by atoms with Crippen LogP contribution in [-0.2, 0) is 4.74 Å². The highest BCUT2D eigenvalue weighted by atomic mass is 16.5. The molecular weight excluding hydrogens is 226 g/mol. The summed E-state index contributed by atoms with van der Waals surface area (Å²) in [6.45, 7) is 1.48. The normalized spacial score (nSPS) is 10.6. The molecule has 0 aliphatic heterocycles. The lowest BCUT2D eigenvalue weighted by atomic mass is 10.1. The molecule has 0 amide bonds. The van der Waals surface area contributed by atoms with Gasteiger partial charge in [0.1, 0.15) is 5.82 Å². The Morgan fingerprint density at radius 2 is 2.11 bits per heavy atom. The highest BCUT2D eigenvalue weighted by Crippen LogP contribution is 2.30. The van der Waals surface area contributed by atoms with E-state index in [1.807, 2.05) is 31.3 Å². The zero-order chi connectivity index (χ0) is 13.0. The van der Waals surface area contributed by atoms with Gasteiger partial charge in [0.25, 0.3) is 0 Å². The molecule has 0 spiro atoms. The summed E-state index contributed by atoms with van der Waals surface area (Å²) in [7, 11) is 5.72. The predicted molar refractivity (Wildman–Crippen MR) is 76.4 cm³/mol. The Hall–Kier alpha value is -1.81. The van der Waals surface area contributed by atoms with Crippen LogP contribution < -0.4 is 10.2 Å². The third-order valence-electron chi connectivity index (χ3n) is 2.82. The standard InChI is InChI=1S/C14H19N3O/c1-17(2)14-13-11(7-8-16-14)5-4-6-12(13)15-9-10-18-3/h4-8,15H,9-10H2,1-3H3. The van der Waals surface area contributed by atoms with E-state index < -0.39 is 0 Å². The molecule has 0 saturated carbocycles. The minimum absolute atomic E-state index is 0.688. The molecule has 1 heterocycles. The largest absolute Gasteiger partial charge is 0.383 e. The zero-order valence-corrected chi connectivity index (χ0v) is 11.1. The SMILES string of the molecule is COCCNc1cccc2ccnc(N(C)C)c12. The molecule has 0 unspecified atom stereocenters. The average molecular weight is 245 g/mol. The fraction of sp³-hybridized carbons (Fsp3) is 0.357. The molecule has 0 aliphatic rings. The lowest BCUT2D eigenvalue weighted by Gasteiger charge is -2.17. The first-order valence-corrected chi connectivity index (χ1v) is 6.02. The number of anilines is 2. The van der Waals surface area contributed by atoms with E-state index >= 15 is 0 Å². The lowest BCUT2D eigenvalue weighted by Crippen LogP contribution is -2.13. The van der Waals surface area contributed by atoms with Crippen molar-refractivity contribution in [2.24, 2.45) is 0 Å². The van der Waals surface area contributed by atoms with Gasteiger partial charge < -0.3 is 15.0 Å². The Kier molecular flexibility index (Phi) is 3.99. The van der Waals surface area contributed by atoms with E-state index in [0.717, 1.165) is 23.4 Å². The van der Waals surface area contributed by atoms with Crippen LogP contribution >= 0.6 is 0 Å². The van der Waals surface area contributed by atoms with Crippen LogP contribution in [0.5, 0.6) is 0 Å². The van der Waals surface area contributed by atoms with Gasteiger partial charge in [0.2, 0.25) is 0 Å². The van der Waals surface area contributed by atoms with Crippen molar-refractivity contribution in [2.75, 3.05) is 44.6 Å². The van der Waals surface area contributed by atoms with Crippen molar-refractivity contribution in [3.8, 4) is 0 Å². The van der Waals surface area contributed by atoms with Gasteiger partial charge >= 0.3 is 0 Å². The van der Waals surface area contributed by atoms with Crippen LogP contribution in [0.25, 0.3) is 10.8 Å². The number of nitrogens with zero attached hydrogens (tertiary/aromatic N) is 2. The third-order valence-corrected chi connectivity index (χ3v) is 2.82. The first kappa shape index (κ1) is 12.6. The predicted octanol–water partition coefficient (Wildman–Crippen LogP) is 2.36. The van der Waals surface area contributed by atoms with Gasteiger partial charge in [-0.1, -0.05) is 12.1 Å². The molecule has 0 saturated heterocycles. The molecule has 0 aliphatic carbocycles. The number of hydrogen-bond donors (Lipinski definition) is 1. The van der Waals surface area contributed by atoms with Crippen molar-refractivity contribution in [2.45, 2.75) is 0 Å². The van der Waals surface area contributed by atoms with Gasteiger partial charge in [-0.25, -0.2) is 4.98 Å². The lowest BCUT2D eigenvalue weighted by molar-refractivity contribution is 0.211. The van der Waals surface area contributed by atoms with E-state index in [9.17, 15) is 0 Å². The molecular formula is C14H19N3O. The summed E-state index contributed by atoms with van der Waals surface area (Å²) in [4.78, 5) is 6.48. The fourth-order valence-corrected chi connectivity index (χ4v) is 1.99. The minimum Gasteiger partial charge on any atom is -0.383 e. The van der Waals surface area contributed by atoms with Crippen LogP contribution in [0.2, 0.25) is 0 Å². The Labute approximate surface area is 108 Å². The van der Waals surface area contributed by atoms with Crippen LogP contribution in [0.1, 0.15) is 0 Å². The van der Waals surface area contributed by atoms with Crippen molar-refractivity contribution < 1.29 is 4.74 Å². The van der Waals surface area contributed by atoms with Gasteiger partial charge in [-0.3, -0.25) is 0 Å². The Balaban J connectivity index is 2.45. The molecule has 1 aromatic heterocycles. The average Bonchev–Trinajstić information content (AvgIpc) is 2.38. The highest BCUT2D eigenvalue weighted by Gasteiger charge is 2.08. The van der Waals surface area contributed by atoms with Crippen molar-refractivity contribution in [3.63, 3.8) is 0 Å². The van der Waals surface area contributed by atoms with E-state index in [1.165, 1.54) is 5.39 Å². The number of pyridine rings is 1. The second-order valence-corrected chi connectivity index (χ2v) is 4.35. The minimum atomic E-state index is 0.688. The number of fused-ring (bicyclic) bond motifs is 1. The van der Waals surface area contributed by atoms with E-state index in [4.69, 9.17) is 4.74 Å². The fourth-order valence-electron chi connectivity index (χ4n) is 1.99. The maximum absolute atomic E-state index is 5.06. The molecule has 0 fully saturated rings. The number of ether oxygens (including phenoxy) is 1. The summed E-state index contributed by atoms with van der Waals surface area (Å²) in [5.41, 5.74) is 1.10. The van der Waals surface area contributed by atoms with Crippen molar-refractivity contribution >= 4 is 22.3 Å². The molecule has 1 N–H and O–H groups in total. The van der Waals surface area contributed by atoms with Gasteiger partial charge in [0, 0.05) is 45.0 Å². The van der Waals surface area contributed by atoms with E-state index in [1.54, 1.807) is 7.11 Å². The molecule has 4 nitrogen and oxygen atoms in total. The van der Waals surface area contributed by atoms with Crippen LogP contribution in [0.3, 0.4) is 0 Å². The Morgan fingerprint density at radius 3 is 2.83 bits per heavy atom. The number of nitrogens with one attached hydrogen (secondary N) is 1. The van der Waals surface area contributed by atoms with E-state index in [2.05, 4.69) is 28.5 Å². The molecule has 4 heteroatoms. The first-order chi connectivity index (χ1) is 8.74. The van der Waals surface area contributed by atoms with Gasteiger partial charge in [-0.2, -0.15) is 0 Å². The van der Waals surface area contributed by atoms with Crippen LogP contribution in [0.15, 0.2) is 30.5 Å². The number of methoxy groups -OCH3 is 1. The molecule has 18 heavy (non-hydrogen) atoms. The maximum Gasteiger partial charge on any atom is 0.137 e. The number of hydrogen-bond acceptors (Lipinski definition) is 4. The quantitative estimate of drug-likeness (QED) is 0.821. The molecule has 0 atom stereocenters. The number of aromatic nitrogens is 1. The van der Waals surface area contributed by atoms with E-state index in [-0.39, 0.29) is 0 Å². The van der Waals surface area contributed by atoms with Gasteiger partial charge in [-0.05, 0) is 17.5 Å². The Bertz CT molecular complexity index is 520. The summed E-state index contributed by atoms with van der Waals surface area (Å²) in [6.07, 6.45) is 1.84. The second kappa shape index (κ2) is 5.69.